The molecule has 5 nitrogen and oxygen atoms in total. The van der Waals surface area contributed by atoms with Gasteiger partial charge in [-0.2, -0.15) is 0 Å². The first-order valence-corrected chi connectivity index (χ1v) is 5.36. The topological polar surface area (TPSA) is 86.2 Å². The third kappa shape index (κ3) is 1.89. The van der Waals surface area contributed by atoms with Crippen molar-refractivity contribution in [2.75, 3.05) is 6.61 Å². The lowest BCUT2D eigenvalue weighted by atomic mass is 9.79. The Kier molecular flexibility index (Phi) is 2.85. The average molecular weight is 234 g/mol. The highest BCUT2D eigenvalue weighted by molar-refractivity contribution is 5.84. The van der Waals surface area contributed by atoms with Crippen LogP contribution >= 0.6 is 0 Å². The van der Waals surface area contributed by atoms with Crippen LogP contribution in [0, 0.1) is 0 Å². The molecule has 2 rings (SSSR count). The maximum atomic E-state index is 11.3. The molecule has 0 bridgehead atoms. The van der Waals surface area contributed by atoms with Crippen molar-refractivity contribution in [2.45, 2.75) is 18.8 Å². The molecule has 0 fully saturated rings. The summed E-state index contributed by atoms with van der Waals surface area (Å²) < 4.78 is 0. The Morgan fingerprint density at radius 2 is 2.29 bits per heavy atom. The second kappa shape index (κ2) is 4.18. The van der Waals surface area contributed by atoms with Crippen LogP contribution < -0.4 is 0 Å². The molecular weight excluding hydrogens is 220 g/mol. The number of aliphatic hydroxyl groups is 1. The highest BCUT2D eigenvalue weighted by atomic mass is 16.4. The smallest absolute Gasteiger partial charge is 0.313 e. The summed E-state index contributed by atoms with van der Waals surface area (Å²) in [5, 5.41) is 18.3. The molecular formula is C12H14N2O3. The van der Waals surface area contributed by atoms with Crippen molar-refractivity contribution in [3.05, 3.63) is 30.1 Å². The Morgan fingerprint density at radius 3 is 2.94 bits per heavy atom. The summed E-state index contributed by atoms with van der Waals surface area (Å²) in [5.41, 5.74) is 1.18. The van der Waals surface area contributed by atoms with E-state index in [1.165, 1.54) is 0 Å². The van der Waals surface area contributed by atoms with Gasteiger partial charge in [-0.15, -0.1) is 0 Å². The van der Waals surface area contributed by atoms with Gasteiger partial charge in [0.2, 0.25) is 0 Å². The molecule has 2 aromatic rings. The van der Waals surface area contributed by atoms with Gasteiger partial charge in [0.05, 0.1) is 22.8 Å². The fraction of sp³-hybridized carbons (Fsp3) is 0.333. The zero-order valence-electron chi connectivity index (χ0n) is 9.47. The van der Waals surface area contributed by atoms with E-state index in [1.807, 2.05) is 0 Å². The highest BCUT2D eigenvalue weighted by Crippen LogP contribution is 2.29. The van der Waals surface area contributed by atoms with E-state index < -0.39 is 11.4 Å². The second-order valence-electron chi connectivity index (χ2n) is 4.25. The Bertz CT molecular complexity index is 549. The number of hydrogen-bond acceptors (Lipinski definition) is 3. The summed E-state index contributed by atoms with van der Waals surface area (Å²) in [4.78, 5) is 18.4. The van der Waals surface area contributed by atoms with Crippen LogP contribution in [0.15, 0.2) is 24.5 Å². The number of nitrogens with zero attached hydrogens (tertiary/aromatic N) is 1. The third-order valence-electron chi connectivity index (χ3n) is 3.14. The van der Waals surface area contributed by atoms with Crippen LogP contribution in [0.5, 0.6) is 0 Å². The number of rotatable bonds is 4. The van der Waals surface area contributed by atoms with Crippen LogP contribution in [0.4, 0.5) is 0 Å². The van der Waals surface area contributed by atoms with Crippen molar-refractivity contribution in [2.24, 2.45) is 0 Å². The molecule has 17 heavy (non-hydrogen) atoms. The Balaban J connectivity index is 2.51. The fourth-order valence-corrected chi connectivity index (χ4v) is 1.88. The van der Waals surface area contributed by atoms with Gasteiger partial charge in [0.1, 0.15) is 0 Å². The van der Waals surface area contributed by atoms with E-state index in [4.69, 9.17) is 5.11 Å². The van der Waals surface area contributed by atoms with Crippen LogP contribution in [0.25, 0.3) is 11.0 Å². The van der Waals surface area contributed by atoms with Crippen LogP contribution in [0.2, 0.25) is 0 Å². The number of carboxylic acids is 1. The van der Waals surface area contributed by atoms with Crippen LogP contribution in [-0.2, 0) is 10.2 Å². The van der Waals surface area contributed by atoms with E-state index in [9.17, 15) is 9.90 Å². The number of carbonyl (C=O) groups is 1. The van der Waals surface area contributed by atoms with Crippen molar-refractivity contribution in [1.29, 1.82) is 0 Å². The zero-order chi connectivity index (χ0) is 12.5. The van der Waals surface area contributed by atoms with Crippen molar-refractivity contribution in [3.8, 4) is 0 Å². The first-order valence-electron chi connectivity index (χ1n) is 5.36. The molecule has 90 valence electrons. The van der Waals surface area contributed by atoms with Gasteiger partial charge in [0.15, 0.2) is 0 Å². The molecule has 0 saturated carbocycles. The minimum Gasteiger partial charge on any atom is -0.481 e. The quantitative estimate of drug-likeness (QED) is 0.744. The Labute approximate surface area is 98.1 Å². The first kappa shape index (κ1) is 11.6. The second-order valence-corrected chi connectivity index (χ2v) is 4.25. The number of hydrogen-bond donors (Lipinski definition) is 3. The van der Waals surface area contributed by atoms with E-state index in [-0.39, 0.29) is 13.0 Å². The van der Waals surface area contributed by atoms with E-state index in [0.717, 1.165) is 11.0 Å². The van der Waals surface area contributed by atoms with Crippen LogP contribution in [-0.4, -0.2) is 32.8 Å². The molecule has 0 saturated heterocycles. The van der Waals surface area contributed by atoms with Gasteiger partial charge in [-0.3, -0.25) is 4.79 Å². The minimum absolute atomic E-state index is 0.163. The van der Waals surface area contributed by atoms with E-state index >= 15 is 0 Å². The highest BCUT2D eigenvalue weighted by Gasteiger charge is 2.34. The molecule has 0 aliphatic carbocycles. The predicted molar refractivity (Wildman–Crippen MR) is 62.8 cm³/mol. The minimum atomic E-state index is -1.08. The number of H-pyrrole nitrogens is 1. The van der Waals surface area contributed by atoms with Gasteiger partial charge in [0, 0.05) is 6.61 Å². The summed E-state index contributed by atoms with van der Waals surface area (Å²) in [6.07, 6.45) is 1.75. The number of aromatic nitrogens is 2. The standard InChI is InChI=1S/C12H14N2O3/c1-12(4-5-15,11(16)17)8-2-3-9-10(6-8)14-7-13-9/h2-3,6-7,15H,4-5H2,1H3,(H,13,14)(H,16,17). The third-order valence-corrected chi connectivity index (χ3v) is 3.14. The van der Waals surface area contributed by atoms with Gasteiger partial charge in [-0.1, -0.05) is 6.07 Å². The molecule has 1 aromatic carbocycles. The number of aliphatic hydroxyl groups excluding tert-OH is 1. The van der Waals surface area contributed by atoms with Crippen molar-refractivity contribution < 1.29 is 15.0 Å². The van der Waals surface area contributed by atoms with Gasteiger partial charge >= 0.3 is 5.97 Å². The molecule has 1 atom stereocenters. The molecule has 1 aromatic heterocycles. The fourth-order valence-electron chi connectivity index (χ4n) is 1.88. The molecule has 5 heteroatoms. The maximum Gasteiger partial charge on any atom is 0.313 e. The van der Waals surface area contributed by atoms with E-state index in [0.29, 0.717) is 5.56 Å². The number of aliphatic carboxylic acids is 1. The number of aromatic amines is 1. The predicted octanol–water partition coefficient (Wildman–Crippen LogP) is 1.29. The first-order chi connectivity index (χ1) is 8.08. The molecule has 0 spiro atoms. The molecule has 0 aliphatic heterocycles. The number of nitrogens with one attached hydrogen (secondary N) is 1. The normalized spacial score (nSPS) is 14.7. The lowest BCUT2D eigenvalue weighted by Gasteiger charge is -2.24. The van der Waals surface area contributed by atoms with E-state index in [2.05, 4.69) is 9.97 Å². The average Bonchev–Trinajstić information content (AvgIpc) is 2.75. The monoisotopic (exact) mass is 234 g/mol. The van der Waals surface area contributed by atoms with E-state index in [1.54, 1.807) is 31.5 Å². The Hall–Kier alpha value is -1.88. The summed E-state index contributed by atoms with van der Waals surface area (Å²) >= 11 is 0. The Morgan fingerprint density at radius 1 is 1.53 bits per heavy atom. The number of carboxylic acid groups (broad SMARTS) is 1. The lowest BCUT2D eigenvalue weighted by molar-refractivity contribution is -0.143. The van der Waals surface area contributed by atoms with Gasteiger partial charge in [0.25, 0.3) is 0 Å². The number of fused-ring (bicyclic) bond motifs is 1. The molecule has 3 N–H and O–H groups in total. The molecule has 0 aliphatic rings. The number of imidazole rings is 1. The number of benzene rings is 1. The van der Waals surface area contributed by atoms with Crippen molar-refractivity contribution in [1.82, 2.24) is 9.97 Å². The lowest BCUT2D eigenvalue weighted by Crippen LogP contribution is -2.33. The van der Waals surface area contributed by atoms with Gasteiger partial charge in [-0.25, -0.2) is 4.98 Å². The summed E-state index contributed by atoms with van der Waals surface area (Å²) in [6, 6.07) is 5.29. The SMILES string of the molecule is CC(CCO)(C(=O)O)c1ccc2nc[nH]c2c1. The summed E-state index contributed by atoms with van der Waals surface area (Å²) in [5.74, 6) is -0.939. The van der Waals surface area contributed by atoms with Crippen molar-refractivity contribution in [3.63, 3.8) is 0 Å². The van der Waals surface area contributed by atoms with Gasteiger partial charge < -0.3 is 15.2 Å². The molecule has 1 unspecified atom stereocenters. The summed E-state index contributed by atoms with van der Waals surface area (Å²) in [6.45, 7) is 1.45. The maximum absolute atomic E-state index is 11.3. The van der Waals surface area contributed by atoms with Gasteiger partial charge in [-0.05, 0) is 31.0 Å². The largest absolute Gasteiger partial charge is 0.481 e. The van der Waals surface area contributed by atoms with Crippen LogP contribution in [0.1, 0.15) is 18.9 Å². The zero-order valence-corrected chi connectivity index (χ0v) is 9.47. The molecule has 0 radical (unpaired) electrons. The van der Waals surface area contributed by atoms with Crippen LogP contribution in [0.3, 0.4) is 0 Å². The molecule has 1 heterocycles. The van der Waals surface area contributed by atoms with Crippen molar-refractivity contribution >= 4 is 17.0 Å². The summed E-state index contributed by atoms with van der Waals surface area (Å²) in [7, 11) is 0. The molecule has 0 amide bonds.